The summed E-state index contributed by atoms with van der Waals surface area (Å²) in [4.78, 5) is 28.6. The van der Waals surface area contributed by atoms with Crippen LogP contribution in [-0.4, -0.2) is 62.7 Å². The maximum Gasteiger partial charge on any atom is 0.573 e. The van der Waals surface area contributed by atoms with E-state index in [4.69, 9.17) is 6.57 Å². The Morgan fingerprint density at radius 3 is 2.50 bits per heavy atom. The van der Waals surface area contributed by atoms with E-state index in [-0.39, 0.29) is 36.3 Å². The van der Waals surface area contributed by atoms with Gasteiger partial charge in [-0.25, -0.2) is 4.79 Å². The van der Waals surface area contributed by atoms with E-state index in [0.29, 0.717) is 29.9 Å². The number of aromatic nitrogens is 3. The number of aliphatic hydroxyl groups excluding tert-OH is 1. The van der Waals surface area contributed by atoms with Crippen molar-refractivity contribution in [3.8, 4) is 5.75 Å². The summed E-state index contributed by atoms with van der Waals surface area (Å²) in [5, 5.41) is 10.2. The lowest BCUT2D eigenvalue weighted by Gasteiger charge is -2.47. The molecular formula is C24H25F3N6O3. The minimum atomic E-state index is -4.76. The Hall–Kier alpha value is -3.69. The van der Waals surface area contributed by atoms with E-state index in [1.54, 1.807) is 31.3 Å². The van der Waals surface area contributed by atoms with E-state index in [1.807, 2.05) is 18.7 Å². The zero-order chi connectivity index (χ0) is 26.2. The fourth-order valence-corrected chi connectivity index (χ4v) is 4.60. The van der Waals surface area contributed by atoms with Gasteiger partial charge in [0.2, 0.25) is 5.52 Å². The molecule has 2 aromatic heterocycles. The first kappa shape index (κ1) is 25.4. The van der Waals surface area contributed by atoms with Crippen LogP contribution in [0.4, 0.5) is 24.8 Å². The van der Waals surface area contributed by atoms with Crippen LogP contribution < -0.4 is 15.3 Å². The van der Waals surface area contributed by atoms with E-state index >= 15 is 0 Å². The number of fused-ring (bicyclic) bond motifs is 1. The molecule has 1 aliphatic rings. The van der Waals surface area contributed by atoms with Crippen molar-refractivity contribution >= 4 is 22.7 Å². The Kier molecular flexibility index (Phi) is 6.88. The number of halogens is 3. The molecular weight excluding hydrogens is 477 g/mol. The topological polar surface area (TPSA) is 88.1 Å². The molecule has 3 aromatic rings. The molecule has 0 saturated carbocycles. The van der Waals surface area contributed by atoms with Crippen LogP contribution >= 0.6 is 0 Å². The van der Waals surface area contributed by atoms with Crippen LogP contribution in [0.3, 0.4) is 0 Å². The highest BCUT2D eigenvalue weighted by molar-refractivity contribution is 5.87. The quantitative estimate of drug-likeness (QED) is 0.535. The number of benzene rings is 1. The summed E-state index contributed by atoms with van der Waals surface area (Å²) in [5.41, 5.74) is 1.28. The molecule has 3 atom stereocenters. The van der Waals surface area contributed by atoms with Gasteiger partial charge in [-0.2, -0.15) is 4.98 Å². The van der Waals surface area contributed by atoms with Gasteiger partial charge in [0, 0.05) is 32.2 Å². The maximum absolute atomic E-state index is 12.6. The van der Waals surface area contributed by atoms with Crippen molar-refractivity contribution in [2.45, 2.75) is 38.3 Å². The molecule has 1 unspecified atom stereocenters. The van der Waals surface area contributed by atoms with Crippen LogP contribution in [0, 0.1) is 6.57 Å². The molecule has 0 bridgehead atoms. The summed E-state index contributed by atoms with van der Waals surface area (Å²) in [6, 6.07) is 8.17. The van der Waals surface area contributed by atoms with Gasteiger partial charge >= 0.3 is 12.1 Å². The van der Waals surface area contributed by atoms with E-state index in [2.05, 4.69) is 24.4 Å². The molecule has 1 fully saturated rings. The van der Waals surface area contributed by atoms with Gasteiger partial charge in [0.05, 0.1) is 18.2 Å². The number of hydrogen-bond acceptors (Lipinski definition) is 7. The predicted molar refractivity (Wildman–Crippen MR) is 127 cm³/mol. The average Bonchev–Trinajstić information content (AvgIpc) is 2.85. The van der Waals surface area contributed by atoms with Crippen molar-refractivity contribution in [3.05, 3.63) is 63.9 Å². The molecule has 4 rings (SSSR count). The highest BCUT2D eigenvalue weighted by Crippen LogP contribution is 2.33. The van der Waals surface area contributed by atoms with E-state index < -0.39 is 12.1 Å². The van der Waals surface area contributed by atoms with Crippen molar-refractivity contribution in [3.63, 3.8) is 0 Å². The number of rotatable bonds is 5. The molecule has 190 valence electrons. The van der Waals surface area contributed by atoms with Gasteiger partial charge in [0.25, 0.3) is 5.82 Å². The smallest absolute Gasteiger partial charge is 0.406 e. The fraction of sp³-hybridized carbons (Fsp3) is 0.417. The Morgan fingerprint density at radius 1 is 1.19 bits per heavy atom. The Labute approximate surface area is 205 Å². The number of anilines is 1. The molecule has 36 heavy (non-hydrogen) atoms. The molecule has 12 heteroatoms. The molecule has 0 aliphatic carbocycles. The van der Waals surface area contributed by atoms with E-state index in [9.17, 15) is 23.1 Å². The Morgan fingerprint density at radius 2 is 1.89 bits per heavy atom. The standard InChI is InChI=1S/C24H25F3N6O3/c1-14-11-33(15(2)16-5-7-18(8-6-16)36-24(25,26)27)17(13-34)12-32(14)22-21-19(31(4)23(35)30-22)9-10-20(28-3)29-21/h5-10,14-15,17,34H,11-13H2,1-2,4H3/t14-,15?,17-/m0/s1. The maximum atomic E-state index is 12.6. The molecule has 1 aliphatic heterocycles. The van der Waals surface area contributed by atoms with E-state index in [0.717, 1.165) is 5.56 Å². The van der Waals surface area contributed by atoms with Gasteiger partial charge in [-0.1, -0.05) is 18.7 Å². The molecule has 0 radical (unpaired) electrons. The van der Waals surface area contributed by atoms with Gasteiger partial charge < -0.3 is 19.6 Å². The van der Waals surface area contributed by atoms with Gasteiger partial charge in [-0.15, -0.1) is 18.2 Å². The van der Waals surface area contributed by atoms with Crippen LogP contribution in [0.15, 0.2) is 41.2 Å². The SMILES string of the molecule is [C-]#[N+]c1ccc2c(n1)c(N1C[C@@H](CO)N(C(C)c3ccc(OC(F)(F)F)cc3)C[C@@H]1C)nc(=O)n2C. The first-order valence-corrected chi connectivity index (χ1v) is 11.3. The molecule has 1 aromatic carbocycles. The molecule has 1 saturated heterocycles. The van der Waals surface area contributed by atoms with Crippen molar-refractivity contribution in [1.29, 1.82) is 0 Å². The van der Waals surface area contributed by atoms with Crippen molar-refractivity contribution in [2.75, 3.05) is 24.6 Å². The second-order valence-electron chi connectivity index (χ2n) is 8.75. The third-order valence-electron chi connectivity index (χ3n) is 6.50. The lowest BCUT2D eigenvalue weighted by atomic mass is 10.00. The van der Waals surface area contributed by atoms with Gasteiger partial charge in [0.1, 0.15) is 5.75 Å². The number of aliphatic hydroxyl groups is 1. The first-order valence-electron chi connectivity index (χ1n) is 11.3. The largest absolute Gasteiger partial charge is 0.573 e. The van der Waals surface area contributed by atoms with Crippen LogP contribution in [0.5, 0.6) is 5.75 Å². The number of pyridine rings is 1. The summed E-state index contributed by atoms with van der Waals surface area (Å²) in [7, 11) is 1.59. The average molecular weight is 502 g/mol. The molecule has 3 heterocycles. The fourth-order valence-electron chi connectivity index (χ4n) is 4.60. The van der Waals surface area contributed by atoms with Gasteiger partial charge in [-0.05, 0) is 43.7 Å². The van der Waals surface area contributed by atoms with Crippen molar-refractivity contribution in [2.24, 2.45) is 7.05 Å². The second kappa shape index (κ2) is 9.75. The van der Waals surface area contributed by atoms with Crippen molar-refractivity contribution in [1.82, 2.24) is 19.4 Å². The van der Waals surface area contributed by atoms with Gasteiger partial charge in [-0.3, -0.25) is 9.47 Å². The Balaban J connectivity index is 1.63. The third kappa shape index (κ3) is 4.98. The first-order chi connectivity index (χ1) is 17.0. The highest BCUT2D eigenvalue weighted by Gasteiger charge is 2.37. The zero-order valence-electron chi connectivity index (χ0n) is 19.9. The number of alkyl halides is 3. The lowest BCUT2D eigenvalue weighted by Crippen LogP contribution is -2.59. The van der Waals surface area contributed by atoms with Crippen LogP contribution in [0.2, 0.25) is 0 Å². The second-order valence-corrected chi connectivity index (χ2v) is 8.75. The summed E-state index contributed by atoms with van der Waals surface area (Å²) < 4.78 is 42.8. The molecule has 1 N–H and O–H groups in total. The monoisotopic (exact) mass is 502 g/mol. The summed E-state index contributed by atoms with van der Waals surface area (Å²) in [6.07, 6.45) is -4.76. The summed E-state index contributed by atoms with van der Waals surface area (Å²) in [6.45, 7) is 11.8. The number of hydrogen-bond donors (Lipinski definition) is 1. The molecule has 9 nitrogen and oxygen atoms in total. The normalized spacial score (nSPS) is 19.8. The lowest BCUT2D eigenvalue weighted by molar-refractivity contribution is -0.274. The van der Waals surface area contributed by atoms with Crippen molar-refractivity contribution < 1.29 is 23.0 Å². The number of nitrogens with zero attached hydrogens (tertiary/aromatic N) is 6. The minimum Gasteiger partial charge on any atom is -0.406 e. The summed E-state index contributed by atoms with van der Waals surface area (Å²) in [5.74, 6) is 0.233. The predicted octanol–water partition coefficient (Wildman–Crippen LogP) is 3.41. The van der Waals surface area contributed by atoms with Crippen LogP contribution in [0.1, 0.15) is 25.5 Å². The number of piperazine rings is 1. The number of ether oxygens (including phenoxy) is 1. The zero-order valence-corrected chi connectivity index (χ0v) is 19.9. The molecule has 0 amide bonds. The minimum absolute atomic E-state index is 0.149. The molecule has 0 spiro atoms. The van der Waals surface area contributed by atoms with Gasteiger partial charge in [0.15, 0.2) is 5.82 Å². The van der Waals surface area contributed by atoms with E-state index in [1.165, 1.54) is 16.7 Å². The summed E-state index contributed by atoms with van der Waals surface area (Å²) >= 11 is 0. The number of aryl methyl sites for hydroxylation is 1. The Bertz CT molecular complexity index is 1350. The van der Waals surface area contributed by atoms with Crippen LogP contribution in [0.25, 0.3) is 15.9 Å². The third-order valence-corrected chi connectivity index (χ3v) is 6.50. The van der Waals surface area contributed by atoms with Crippen LogP contribution in [-0.2, 0) is 7.05 Å². The highest BCUT2D eigenvalue weighted by atomic mass is 19.4.